The second-order valence-corrected chi connectivity index (χ2v) is 4.77. The highest BCUT2D eigenvalue weighted by Gasteiger charge is 2.09. The van der Waals surface area contributed by atoms with Crippen LogP contribution in [0.5, 0.6) is 0 Å². The maximum absolute atomic E-state index is 9.39. The number of hydrogen-bond donors (Lipinski definition) is 1. The summed E-state index contributed by atoms with van der Waals surface area (Å²) >= 11 is 6.03. The van der Waals surface area contributed by atoms with E-state index in [0.29, 0.717) is 5.02 Å². The van der Waals surface area contributed by atoms with Crippen LogP contribution in [0.4, 0.5) is 11.4 Å². The fourth-order valence-corrected chi connectivity index (χ4v) is 2.12. The molecule has 0 heterocycles. The van der Waals surface area contributed by atoms with Gasteiger partial charge < -0.3 is 10.0 Å². The van der Waals surface area contributed by atoms with E-state index in [-0.39, 0.29) is 6.61 Å². The van der Waals surface area contributed by atoms with Crippen LogP contribution in [0.3, 0.4) is 0 Å². The van der Waals surface area contributed by atoms with Gasteiger partial charge in [0.25, 0.3) is 0 Å². The second-order valence-electron chi connectivity index (χ2n) is 4.33. The molecule has 0 aliphatic rings. The predicted octanol–water partition coefficient (Wildman–Crippen LogP) is 3.91. The predicted molar refractivity (Wildman–Crippen MR) is 76.6 cm³/mol. The normalized spacial score (nSPS) is 10.4. The van der Waals surface area contributed by atoms with Crippen molar-refractivity contribution < 1.29 is 5.11 Å². The van der Waals surface area contributed by atoms with E-state index < -0.39 is 0 Å². The first kappa shape index (κ1) is 12.9. The Balaban J connectivity index is 2.44. The van der Waals surface area contributed by atoms with Crippen LogP contribution in [0.25, 0.3) is 0 Å². The maximum Gasteiger partial charge on any atom is 0.0702 e. The number of anilines is 2. The molecular weight excluding hydrogens is 246 g/mol. The van der Waals surface area contributed by atoms with E-state index in [1.54, 1.807) is 6.07 Å². The van der Waals surface area contributed by atoms with Gasteiger partial charge in [-0.3, -0.25) is 0 Å². The van der Waals surface area contributed by atoms with Crippen molar-refractivity contribution in [1.82, 2.24) is 0 Å². The molecule has 0 amide bonds. The van der Waals surface area contributed by atoms with Crippen molar-refractivity contribution in [1.29, 1.82) is 0 Å². The first-order chi connectivity index (χ1) is 8.61. The molecule has 2 aromatic rings. The van der Waals surface area contributed by atoms with Crippen molar-refractivity contribution in [3.63, 3.8) is 0 Å². The number of nitrogens with zero attached hydrogens (tertiary/aromatic N) is 1. The van der Waals surface area contributed by atoms with Gasteiger partial charge in [-0.25, -0.2) is 0 Å². The third kappa shape index (κ3) is 2.66. The van der Waals surface area contributed by atoms with E-state index in [9.17, 15) is 5.11 Å². The van der Waals surface area contributed by atoms with Gasteiger partial charge in [-0.1, -0.05) is 29.8 Å². The monoisotopic (exact) mass is 261 g/mol. The highest BCUT2D eigenvalue weighted by atomic mass is 35.5. The van der Waals surface area contributed by atoms with Crippen LogP contribution in [0, 0.1) is 6.92 Å². The molecule has 0 aliphatic carbocycles. The molecular formula is C15H16ClNO. The van der Waals surface area contributed by atoms with Crippen molar-refractivity contribution >= 4 is 23.0 Å². The van der Waals surface area contributed by atoms with Gasteiger partial charge in [-0.15, -0.1) is 0 Å². The summed E-state index contributed by atoms with van der Waals surface area (Å²) in [5, 5.41) is 10.1. The van der Waals surface area contributed by atoms with Crippen LogP contribution in [0.2, 0.25) is 5.02 Å². The number of aliphatic hydroxyl groups is 1. The molecule has 0 saturated carbocycles. The molecule has 94 valence electrons. The lowest BCUT2D eigenvalue weighted by molar-refractivity contribution is 0.282. The van der Waals surface area contributed by atoms with Crippen LogP contribution in [-0.4, -0.2) is 12.2 Å². The zero-order chi connectivity index (χ0) is 13.1. The zero-order valence-electron chi connectivity index (χ0n) is 10.5. The average Bonchev–Trinajstić information content (AvgIpc) is 2.38. The number of hydrogen-bond acceptors (Lipinski definition) is 2. The summed E-state index contributed by atoms with van der Waals surface area (Å²) in [7, 11) is 1.97. The molecule has 0 aromatic heterocycles. The largest absolute Gasteiger partial charge is 0.392 e. The van der Waals surface area contributed by atoms with Gasteiger partial charge in [-0.2, -0.15) is 0 Å². The minimum atomic E-state index is 0.00264. The van der Waals surface area contributed by atoms with Crippen molar-refractivity contribution in [2.24, 2.45) is 0 Å². The highest BCUT2D eigenvalue weighted by molar-refractivity contribution is 6.30. The highest BCUT2D eigenvalue weighted by Crippen LogP contribution is 2.30. The quantitative estimate of drug-likeness (QED) is 0.906. The molecule has 0 unspecified atom stereocenters. The van der Waals surface area contributed by atoms with Crippen LogP contribution in [-0.2, 0) is 6.61 Å². The topological polar surface area (TPSA) is 23.5 Å². The lowest BCUT2D eigenvalue weighted by Gasteiger charge is -2.22. The fraction of sp³-hybridized carbons (Fsp3) is 0.200. The molecule has 0 spiro atoms. The summed E-state index contributed by atoms with van der Waals surface area (Å²) in [6, 6.07) is 13.7. The van der Waals surface area contributed by atoms with Crippen molar-refractivity contribution in [3.8, 4) is 0 Å². The molecule has 0 radical (unpaired) electrons. The molecule has 0 saturated heterocycles. The van der Waals surface area contributed by atoms with E-state index >= 15 is 0 Å². The average molecular weight is 262 g/mol. The van der Waals surface area contributed by atoms with E-state index in [1.165, 1.54) is 5.56 Å². The Morgan fingerprint density at radius 1 is 1.17 bits per heavy atom. The maximum atomic E-state index is 9.39. The summed E-state index contributed by atoms with van der Waals surface area (Å²) in [5.74, 6) is 0. The Labute approximate surface area is 112 Å². The Morgan fingerprint density at radius 2 is 1.94 bits per heavy atom. The van der Waals surface area contributed by atoms with Crippen molar-refractivity contribution in [2.45, 2.75) is 13.5 Å². The van der Waals surface area contributed by atoms with Gasteiger partial charge in [0.1, 0.15) is 0 Å². The Hall–Kier alpha value is -1.51. The standard InChI is InChI=1S/C15H16ClNO/c1-11-4-3-5-14(8-11)17(2)15-9-13(16)7-6-12(15)10-18/h3-9,18H,10H2,1-2H3. The molecule has 2 aromatic carbocycles. The molecule has 0 aliphatic heterocycles. The lowest BCUT2D eigenvalue weighted by atomic mass is 10.1. The van der Waals surface area contributed by atoms with Gasteiger partial charge in [0.2, 0.25) is 0 Å². The number of benzene rings is 2. The first-order valence-electron chi connectivity index (χ1n) is 5.81. The summed E-state index contributed by atoms with van der Waals surface area (Å²) in [4.78, 5) is 2.03. The summed E-state index contributed by atoms with van der Waals surface area (Å²) in [6.07, 6.45) is 0. The Bertz CT molecular complexity index is 554. The molecule has 0 bridgehead atoms. The number of halogens is 1. The van der Waals surface area contributed by atoms with Gasteiger partial charge in [0.05, 0.1) is 6.61 Å². The number of aliphatic hydroxyl groups excluding tert-OH is 1. The smallest absolute Gasteiger partial charge is 0.0702 e. The van der Waals surface area contributed by atoms with Crippen molar-refractivity contribution in [2.75, 3.05) is 11.9 Å². The van der Waals surface area contributed by atoms with Crippen LogP contribution in [0.15, 0.2) is 42.5 Å². The molecule has 2 nitrogen and oxygen atoms in total. The summed E-state index contributed by atoms with van der Waals surface area (Å²) in [5.41, 5.74) is 4.07. The van der Waals surface area contributed by atoms with Gasteiger partial charge >= 0.3 is 0 Å². The third-order valence-corrected chi connectivity index (χ3v) is 3.20. The minimum Gasteiger partial charge on any atom is -0.392 e. The zero-order valence-corrected chi connectivity index (χ0v) is 11.3. The van der Waals surface area contributed by atoms with Crippen LogP contribution < -0.4 is 4.90 Å². The van der Waals surface area contributed by atoms with Gasteiger partial charge in [0, 0.05) is 29.0 Å². The van der Waals surface area contributed by atoms with Gasteiger partial charge in [-0.05, 0) is 36.8 Å². The van der Waals surface area contributed by atoms with E-state index in [4.69, 9.17) is 11.6 Å². The third-order valence-electron chi connectivity index (χ3n) is 2.97. The first-order valence-corrected chi connectivity index (χ1v) is 6.19. The molecule has 0 atom stereocenters. The lowest BCUT2D eigenvalue weighted by Crippen LogP contribution is -2.12. The van der Waals surface area contributed by atoms with Crippen molar-refractivity contribution in [3.05, 3.63) is 58.6 Å². The fourth-order valence-electron chi connectivity index (χ4n) is 1.96. The molecule has 1 N–H and O–H groups in total. The minimum absolute atomic E-state index is 0.00264. The molecule has 2 rings (SSSR count). The van der Waals surface area contributed by atoms with E-state index in [0.717, 1.165) is 16.9 Å². The van der Waals surface area contributed by atoms with E-state index in [1.807, 2.05) is 36.2 Å². The molecule has 0 fully saturated rings. The summed E-state index contributed by atoms with van der Waals surface area (Å²) < 4.78 is 0. The SMILES string of the molecule is Cc1cccc(N(C)c2cc(Cl)ccc2CO)c1. The Morgan fingerprint density at radius 3 is 2.61 bits per heavy atom. The van der Waals surface area contributed by atoms with E-state index in [2.05, 4.69) is 19.1 Å². The molecule has 3 heteroatoms. The summed E-state index contributed by atoms with van der Waals surface area (Å²) in [6.45, 7) is 2.06. The second kappa shape index (κ2) is 5.42. The Kier molecular flexibility index (Phi) is 3.90. The number of aryl methyl sites for hydroxylation is 1. The molecule has 18 heavy (non-hydrogen) atoms. The number of rotatable bonds is 3. The van der Waals surface area contributed by atoms with Crippen LogP contribution >= 0.6 is 11.6 Å². The van der Waals surface area contributed by atoms with Gasteiger partial charge in [0.15, 0.2) is 0 Å². The van der Waals surface area contributed by atoms with Crippen LogP contribution in [0.1, 0.15) is 11.1 Å².